The van der Waals surface area contributed by atoms with Crippen LogP contribution in [-0.2, 0) is 31.5 Å². The molecule has 4 aromatic heterocycles. The van der Waals surface area contributed by atoms with Gasteiger partial charge in [-0.2, -0.15) is 26.3 Å². The van der Waals surface area contributed by atoms with Crippen LogP contribution in [0.1, 0.15) is 225 Å². The molecule has 0 spiro atoms. The summed E-state index contributed by atoms with van der Waals surface area (Å²) in [4.78, 5) is 65.5. The summed E-state index contributed by atoms with van der Waals surface area (Å²) in [6.45, 7) is 42.3. The van der Waals surface area contributed by atoms with Gasteiger partial charge in [0.2, 0.25) is 23.6 Å². The average molecular weight is 1970 g/mol. The number of rotatable bonds is 28. The van der Waals surface area contributed by atoms with Gasteiger partial charge in [-0.05, 0) is 290 Å². The van der Waals surface area contributed by atoms with Gasteiger partial charge in [0.25, 0.3) is 0 Å². The minimum Gasteiger partial charge on any atom is -0.330 e. The molecule has 4 N–H and O–H groups in total. The first kappa shape index (κ1) is 113. The van der Waals surface area contributed by atoms with Crippen molar-refractivity contribution >= 4 is 46.4 Å². The quantitative estimate of drug-likeness (QED) is 0.0212. The molecule has 4 aliphatic rings. The van der Waals surface area contributed by atoms with E-state index in [0.717, 1.165) is 116 Å². The Morgan fingerprint density at radius 3 is 0.951 bits per heavy atom. The Labute approximate surface area is 841 Å². The zero-order chi connectivity index (χ0) is 106. The Bertz CT molecular complexity index is 6490. The van der Waals surface area contributed by atoms with Crippen LogP contribution in [0, 0.1) is 44.9 Å². The van der Waals surface area contributed by atoms with Crippen LogP contribution in [-0.4, -0.2) is 61.8 Å². The zero-order valence-corrected chi connectivity index (χ0v) is 85.8. The number of alkyl halides is 6. The molecule has 4 amide bonds. The van der Waals surface area contributed by atoms with E-state index in [1.807, 2.05) is 163 Å². The summed E-state index contributed by atoms with van der Waals surface area (Å²) in [5, 5.41) is 9.84. The molecular formula is C118H134F10N12O4. The van der Waals surface area contributed by atoms with Crippen LogP contribution in [0.5, 0.6) is 0 Å². The minimum atomic E-state index is -4.46. The number of nitrogens with zero attached hydrogens (tertiary/aromatic N) is 8. The van der Waals surface area contributed by atoms with Gasteiger partial charge in [-0.1, -0.05) is 211 Å². The molecule has 0 saturated heterocycles. The topological polar surface area (TPSA) is 188 Å². The van der Waals surface area contributed by atoms with Crippen LogP contribution in [0.3, 0.4) is 0 Å². The van der Waals surface area contributed by atoms with E-state index >= 15 is 0 Å². The number of hydrogen-bond acceptors (Lipinski definition) is 8. The number of carbonyl (C=O) groups is 4. The number of benzene rings is 4. The summed E-state index contributed by atoms with van der Waals surface area (Å²) < 4.78 is 139. The fraction of sp³-hybridized carbons (Fsp3) is 0.322. The maximum absolute atomic E-state index is 13.7. The SMILES string of the molecule is CC1=C(/C=C/C(C)=C/C=C/C(C)=C/C(=O)Nc2ccc(C(F)(F)F)cc2)C(C)(C)CCC1n1ccnc1.CC1=C(/C=C/C(C)=C/C=C/C(C)=C/C(=O)Nc2ccc(F)cc2F)C(C)(C)CCC1n1ccnc1.CC1=C(/C=C/C(C)=C/C=C/C(C)=C/C(=O)Nc2cccc(C(F)(F)F)c2)C(C)(C)CCC1n1ccnc1.CC1=C(/C=C/C(C)=C/C=C/C(C)=C/C(=O)Nc2cccc(F)c2F)C(C)(C)CCC1n1ccnc1. The maximum Gasteiger partial charge on any atom is 0.416 e. The van der Waals surface area contributed by atoms with Crippen molar-refractivity contribution in [3.05, 3.63) is 429 Å². The number of anilines is 4. The Hall–Kier alpha value is -14.3. The molecule has 144 heavy (non-hydrogen) atoms. The summed E-state index contributed by atoms with van der Waals surface area (Å²) in [5.74, 6) is -5.48. The average Bonchev–Trinajstić information content (AvgIpc) is 0.869. The molecule has 760 valence electrons. The van der Waals surface area contributed by atoms with Gasteiger partial charge in [0, 0.05) is 91.3 Å². The third kappa shape index (κ3) is 34.2. The van der Waals surface area contributed by atoms with Gasteiger partial charge in [0.1, 0.15) is 11.6 Å². The highest BCUT2D eigenvalue weighted by molar-refractivity contribution is 6.02. The second-order valence-corrected chi connectivity index (χ2v) is 39.5. The third-order valence-corrected chi connectivity index (χ3v) is 26.0. The standard InChI is InChI=1S/2C30H34F3N3O.2C29H33F2N3O/c1-21(12-13-26-23(3)27(14-15-29(26,4)5)36-17-16-34-20-36)8-6-9-22(2)18-28(37)35-25-11-7-10-24(19-25)30(31,32)33;1-21(9-14-26-23(3)27(15-16-29(26,4)5)36-18-17-34-20-36)7-6-8-22(2)19-28(37)35-25-12-10-24(11-13-25)30(31,32)33;1-20(8-6-9-21(2)18-27(35)33-25-11-7-10-24(30)28(25)31)12-13-23-22(3)26(14-15-29(23,4)5)34-17-16-32-19-34;1-20(7-6-8-21(2)17-28(35)33-26-12-10-23(30)18-25(26)31)9-11-24-22(3)27(13-14-29(24,4)5)34-16-15-32-19-34/h6-13,16-20,27H,14-15H2,1-5H3,(H,35,37);6-14,17-20,27H,15-16H2,1-5H3,(H,35,37);6-13,16-19,26H,14-15H2,1-5H3,(H,33,35);6-12,15-19,27H,13-14H2,1-5H3,(H,33,35)/b9-6+,13-12+,21-8+,22-18+;8-6+,14-9+,21-7+,22-19+;9-6+,13-12+,20-8+,21-18+;8-6+,11-9+,20-7+,21-17+. The molecule has 4 heterocycles. The molecule has 12 rings (SSSR count). The molecule has 4 unspecified atom stereocenters. The lowest BCUT2D eigenvalue weighted by Crippen LogP contribution is -2.25. The van der Waals surface area contributed by atoms with E-state index in [1.54, 1.807) is 39.8 Å². The van der Waals surface area contributed by atoms with Crippen LogP contribution < -0.4 is 21.3 Å². The Kier molecular flexibility index (Phi) is 40.6. The highest BCUT2D eigenvalue weighted by Crippen LogP contribution is 2.50. The number of amides is 4. The van der Waals surface area contributed by atoms with Gasteiger partial charge >= 0.3 is 12.4 Å². The zero-order valence-electron chi connectivity index (χ0n) is 85.8. The van der Waals surface area contributed by atoms with Crippen LogP contribution >= 0.6 is 0 Å². The van der Waals surface area contributed by atoms with Crippen molar-refractivity contribution in [2.75, 3.05) is 21.3 Å². The second-order valence-electron chi connectivity index (χ2n) is 39.5. The summed E-state index contributed by atoms with van der Waals surface area (Å²) in [6, 6.07) is 16.9. The summed E-state index contributed by atoms with van der Waals surface area (Å²) in [5.41, 5.74) is 16.8. The number of aromatic nitrogens is 8. The van der Waals surface area contributed by atoms with Crippen molar-refractivity contribution < 1.29 is 63.1 Å². The minimum absolute atomic E-state index is 0.0594. The molecule has 26 heteroatoms. The number of halogens is 10. The molecular weight excluding hydrogens is 1840 g/mol. The first-order valence-corrected chi connectivity index (χ1v) is 48.0. The Morgan fingerprint density at radius 2 is 0.646 bits per heavy atom. The molecule has 8 aromatic rings. The molecule has 0 radical (unpaired) electrons. The van der Waals surface area contributed by atoms with Gasteiger partial charge in [0.15, 0.2) is 11.6 Å². The van der Waals surface area contributed by atoms with Gasteiger partial charge in [0.05, 0.1) is 72.0 Å². The van der Waals surface area contributed by atoms with Crippen molar-refractivity contribution in [2.45, 2.75) is 226 Å². The number of nitrogens with one attached hydrogen (secondary N) is 4. The monoisotopic (exact) mass is 1970 g/mol. The van der Waals surface area contributed by atoms with Crippen molar-refractivity contribution in [2.24, 2.45) is 21.7 Å². The molecule has 0 bridgehead atoms. The summed E-state index contributed by atoms with van der Waals surface area (Å²) in [7, 11) is 0. The highest BCUT2D eigenvalue weighted by Gasteiger charge is 2.38. The third-order valence-electron chi connectivity index (χ3n) is 26.0. The van der Waals surface area contributed by atoms with E-state index < -0.39 is 70.4 Å². The Morgan fingerprint density at radius 1 is 0.340 bits per heavy atom. The van der Waals surface area contributed by atoms with Gasteiger partial charge in [-0.25, -0.2) is 37.5 Å². The first-order valence-electron chi connectivity index (χ1n) is 48.0. The number of hydrogen-bond donors (Lipinski definition) is 4. The Balaban J connectivity index is 0.000000214. The number of imidazole rings is 4. The van der Waals surface area contributed by atoms with Gasteiger partial charge in [-0.3, -0.25) is 19.2 Å². The first-order chi connectivity index (χ1) is 67.9. The van der Waals surface area contributed by atoms with Crippen LogP contribution in [0.15, 0.2) is 395 Å². The fourth-order valence-corrected chi connectivity index (χ4v) is 17.9. The fourth-order valence-electron chi connectivity index (χ4n) is 17.9. The van der Waals surface area contributed by atoms with E-state index in [4.69, 9.17) is 0 Å². The lowest BCUT2D eigenvalue weighted by atomic mass is 9.71. The van der Waals surface area contributed by atoms with Crippen molar-refractivity contribution in [1.29, 1.82) is 0 Å². The van der Waals surface area contributed by atoms with E-state index in [1.165, 1.54) is 111 Å². The van der Waals surface area contributed by atoms with Crippen LogP contribution in [0.25, 0.3) is 0 Å². The predicted octanol–water partition coefficient (Wildman–Crippen LogP) is 31.4. The van der Waals surface area contributed by atoms with E-state index in [2.05, 4.69) is 191 Å². The molecule has 0 aliphatic heterocycles. The van der Waals surface area contributed by atoms with E-state index in [-0.39, 0.29) is 38.7 Å². The lowest BCUT2D eigenvalue weighted by molar-refractivity contribution is -0.138. The van der Waals surface area contributed by atoms with E-state index in [0.29, 0.717) is 52.1 Å². The van der Waals surface area contributed by atoms with Gasteiger partial charge < -0.3 is 39.5 Å². The molecule has 4 atom stereocenters. The predicted molar refractivity (Wildman–Crippen MR) is 561 cm³/mol. The number of carbonyl (C=O) groups excluding carboxylic acids is 4. The van der Waals surface area contributed by atoms with Crippen molar-refractivity contribution in [3.63, 3.8) is 0 Å². The van der Waals surface area contributed by atoms with Crippen molar-refractivity contribution in [1.82, 2.24) is 38.2 Å². The normalized spacial score (nSPS) is 19.2. The van der Waals surface area contributed by atoms with E-state index in [9.17, 15) is 63.1 Å². The molecule has 4 aliphatic carbocycles. The highest BCUT2D eigenvalue weighted by atomic mass is 19.4. The lowest BCUT2D eigenvalue weighted by Gasteiger charge is -2.38. The summed E-state index contributed by atoms with van der Waals surface area (Å²) >= 11 is 0. The second kappa shape index (κ2) is 51.6. The van der Waals surface area contributed by atoms with Crippen LogP contribution in [0.2, 0.25) is 0 Å². The molecule has 4 aromatic carbocycles. The smallest absolute Gasteiger partial charge is 0.330 e. The number of allylic oxidation sites excluding steroid dienone is 36. The maximum atomic E-state index is 13.7. The molecule has 0 saturated carbocycles. The molecule has 16 nitrogen and oxygen atoms in total. The summed E-state index contributed by atoms with van der Waals surface area (Å²) in [6.07, 6.45) is 68.0. The molecule has 0 fully saturated rings. The van der Waals surface area contributed by atoms with Crippen molar-refractivity contribution in [3.8, 4) is 0 Å². The van der Waals surface area contributed by atoms with Crippen LogP contribution in [0.4, 0.5) is 66.7 Å². The largest absolute Gasteiger partial charge is 0.416 e. The van der Waals surface area contributed by atoms with Gasteiger partial charge in [-0.15, -0.1) is 0 Å².